The van der Waals surface area contributed by atoms with Crippen molar-refractivity contribution in [2.24, 2.45) is 0 Å². The summed E-state index contributed by atoms with van der Waals surface area (Å²) in [6.07, 6.45) is 16.2. The molecule has 152 valence electrons. The van der Waals surface area contributed by atoms with E-state index in [9.17, 15) is 13.0 Å². The van der Waals surface area contributed by atoms with Gasteiger partial charge in [-0.1, -0.05) is 71.1 Å². The van der Waals surface area contributed by atoms with Crippen molar-refractivity contribution >= 4 is 10.1 Å². The molecule has 0 rings (SSSR count). The van der Waals surface area contributed by atoms with Crippen molar-refractivity contribution < 1.29 is 22.5 Å². The molecule has 0 unspecified atom stereocenters. The normalized spacial score (nSPS) is 12.6. The molecular formula is C19H41NO4S. The molecule has 0 aliphatic rings. The van der Waals surface area contributed by atoms with Crippen LogP contribution in [0.2, 0.25) is 0 Å². The third-order valence-corrected chi connectivity index (χ3v) is 5.32. The predicted molar refractivity (Wildman–Crippen MR) is 103 cm³/mol. The molecule has 0 aliphatic carbocycles. The van der Waals surface area contributed by atoms with E-state index in [1.165, 1.54) is 70.6 Å². The Labute approximate surface area is 156 Å². The van der Waals surface area contributed by atoms with Crippen LogP contribution in [-0.2, 0) is 15.0 Å². The van der Waals surface area contributed by atoms with E-state index in [1.807, 2.05) is 14.1 Å². The average molecular weight is 380 g/mol. The summed E-state index contributed by atoms with van der Waals surface area (Å²) in [6, 6.07) is 0. The fraction of sp³-hybridized carbons (Fsp3) is 1.00. The maximum atomic E-state index is 10.5. The van der Waals surface area contributed by atoms with E-state index in [4.69, 9.17) is 4.84 Å². The minimum absolute atomic E-state index is 0.270. The number of nitrogens with zero attached hydrogens (tertiary/aromatic N) is 1. The Morgan fingerprint density at radius 3 is 1.64 bits per heavy atom. The van der Waals surface area contributed by atoms with Gasteiger partial charge in [0.25, 0.3) is 0 Å². The molecule has 0 fully saturated rings. The molecule has 0 heterocycles. The second-order valence-electron chi connectivity index (χ2n) is 7.64. The minimum Gasteiger partial charge on any atom is -0.748 e. The van der Waals surface area contributed by atoms with Gasteiger partial charge in [-0.3, -0.25) is 0 Å². The topological polar surface area (TPSA) is 66.4 Å². The van der Waals surface area contributed by atoms with E-state index in [1.54, 1.807) is 0 Å². The molecule has 0 saturated carbocycles. The first-order chi connectivity index (χ1) is 11.8. The zero-order valence-corrected chi connectivity index (χ0v) is 17.6. The summed E-state index contributed by atoms with van der Waals surface area (Å²) >= 11 is 0. The molecule has 0 aromatic rings. The van der Waals surface area contributed by atoms with Crippen molar-refractivity contribution in [3.8, 4) is 0 Å². The van der Waals surface area contributed by atoms with Gasteiger partial charge in [-0.05, 0) is 19.3 Å². The first-order valence-electron chi connectivity index (χ1n) is 10.2. The van der Waals surface area contributed by atoms with Gasteiger partial charge in [-0.2, -0.15) is 4.65 Å². The second-order valence-corrected chi connectivity index (χ2v) is 9.16. The molecule has 25 heavy (non-hydrogen) atoms. The Hall–Kier alpha value is -0.170. The highest BCUT2D eigenvalue weighted by Crippen LogP contribution is 2.13. The molecule has 0 bridgehead atoms. The number of hydrogen-bond acceptors (Lipinski definition) is 4. The Balaban J connectivity index is 3.39. The quantitative estimate of drug-likeness (QED) is 0.151. The molecule has 0 atom stereocenters. The van der Waals surface area contributed by atoms with Gasteiger partial charge in [-0.25, -0.2) is 13.3 Å². The summed E-state index contributed by atoms with van der Waals surface area (Å²) < 4.78 is 32.0. The summed E-state index contributed by atoms with van der Waals surface area (Å²) in [7, 11) is -0.166. The summed E-state index contributed by atoms with van der Waals surface area (Å²) in [5.74, 6) is -0.342. The van der Waals surface area contributed by atoms with Gasteiger partial charge in [0.1, 0.15) is 13.2 Å². The van der Waals surface area contributed by atoms with E-state index >= 15 is 0 Å². The van der Waals surface area contributed by atoms with Crippen LogP contribution in [0.25, 0.3) is 0 Å². The van der Waals surface area contributed by atoms with Gasteiger partial charge in [0.15, 0.2) is 0 Å². The highest BCUT2D eigenvalue weighted by molar-refractivity contribution is 7.85. The van der Waals surface area contributed by atoms with Gasteiger partial charge in [0, 0.05) is 5.75 Å². The molecule has 0 aliphatic heterocycles. The zero-order chi connectivity index (χ0) is 19.0. The van der Waals surface area contributed by atoms with E-state index in [-0.39, 0.29) is 12.2 Å². The van der Waals surface area contributed by atoms with Crippen molar-refractivity contribution in [3.63, 3.8) is 0 Å². The second kappa shape index (κ2) is 14.9. The van der Waals surface area contributed by atoms with Crippen LogP contribution in [-0.4, -0.2) is 50.6 Å². The third kappa shape index (κ3) is 20.0. The van der Waals surface area contributed by atoms with Crippen molar-refractivity contribution in [2.45, 2.75) is 90.4 Å². The van der Waals surface area contributed by atoms with Crippen LogP contribution >= 0.6 is 0 Å². The van der Waals surface area contributed by atoms with E-state index in [2.05, 4.69) is 6.92 Å². The van der Waals surface area contributed by atoms with E-state index in [0.717, 1.165) is 13.0 Å². The largest absolute Gasteiger partial charge is 0.748 e. The molecule has 0 spiro atoms. The summed E-state index contributed by atoms with van der Waals surface area (Å²) in [4.78, 5) is 5.66. The van der Waals surface area contributed by atoms with E-state index < -0.39 is 10.1 Å². The van der Waals surface area contributed by atoms with E-state index in [0.29, 0.717) is 11.3 Å². The fourth-order valence-electron chi connectivity index (χ4n) is 2.95. The molecule has 0 amide bonds. The smallest absolute Gasteiger partial charge is 0.108 e. The average Bonchev–Trinajstić information content (AvgIpc) is 2.52. The van der Waals surface area contributed by atoms with Crippen LogP contribution in [0.5, 0.6) is 0 Å². The maximum Gasteiger partial charge on any atom is 0.108 e. The lowest BCUT2D eigenvalue weighted by Gasteiger charge is -2.27. The van der Waals surface area contributed by atoms with Crippen molar-refractivity contribution in [1.82, 2.24) is 0 Å². The van der Waals surface area contributed by atoms with Crippen molar-refractivity contribution in [1.29, 1.82) is 0 Å². The lowest BCUT2D eigenvalue weighted by Crippen LogP contribution is -2.40. The van der Waals surface area contributed by atoms with Crippen LogP contribution in [0.1, 0.15) is 90.4 Å². The Bertz CT molecular complexity index is 396. The molecule has 0 radical (unpaired) electrons. The van der Waals surface area contributed by atoms with Crippen molar-refractivity contribution in [2.75, 3.05) is 33.0 Å². The lowest BCUT2D eigenvalue weighted by atomic mass is 10.1. The SMILES string of the molecule is CCCCCCCCCCCCCC[N+](C)(C)OCCCS(=O)(=O)[O-]. The van der Waals surface area contributed by atoms with Crippen LogP contribution in [0.3, 0.4) is 0 Å². The van der Waals surface area contributed by atoms with Gasteiger partial charge in [-0.15, -0.1) is 0 Å². The fourth-order valence-corrected chi connectivity index (χ4v) is 3.42. The van der Waals surface area contributed by atoms with Gasteiger partial charge < -0.3 is 4.55 Å². The van der Waals surface area contributed by atoms with Crippen LogP contribution in [0, 0.1) is 0 Å². The summed E-state index contributed by atoms with van der Waals surface area (Å²) in [5, 5.41) is 0. The lowest BCUT2D eigenvalue weighted by molar-refractivity contribution is -1.08. The molecule has 0 N–H and O–H groups in total. The van der Waals surface area contributed by atoms with Gasteiger partial charge >= 0.3 is 0 Å². The molecule has 0 saturated heterocycles. The number of quaternary nitrogens is 1. The molecule has 6 heteroatoms. The number of hydroxylamine groups is 3. The standard InChI is InChI=1S/C19H41NO4S/c1-4-5-6-7-8-9-10-11-12-13-14-15-17-20(2,3)24-18-16-19-25(21,22)23/h4-19H2,1-3H3. The number of hydrogen-bond donors (Lipinski definition) is 0. The number of rotatable bonds is 18. The minimum atomic E-state index is -4.12. The zero-order valence-electron chi connectivity index (χ0n) is 16.8. The Kier molecular flexibility index (Phi) is 14.8. The predicted octanol–water partition coefficient (Wildman–Crippen LogP) is 4.63. The highest BCUT2D eigenvalue weighted by Gasteiger charge is 2.16. The Morgan fingerprint density at radius 2 is 1.20 bits per heavy atom. The summed E-state index contributed by atoms with van der Waals surface area (Å²) in [6.45, 7) is 3.49. The first kappa shape index (κ1) is 24.8. The molecular weight excluding hydrogens is 338 g/mol. The molecule has 5 nitrogen and oxygen atoms in total. The van der Waals surface area contributed by atoms with Crippen LogP contribution < -0.4 is 0 Å². The van der Waals surface area contributed by atoms with Crippen LogP contribution in [0.4, 0.5) is 0 Å². The summed E-state index contributed by atoms with van der Waals surface area (Å²) in [5.41, 5.74) is 0. The van der Waals surface area contributed by atoms with Gasteiger partial charge in [0.05, 0.1) is 24.2 Å². The van der Waals surface area contributed by atoms with Crippen molar-refractivity contribution in [3.05, 3.63) is 0 Å². The molecule has 0 aromatic carbocycles. The number of unbranched alkanes of at least 4 members (excludes halogenated alkanes) is 11. The monoisotopic (exact) mass is 379 g/mol. The van der Waals surface area contributed by atoms with Gasteiger partial charge in [0.2, 0.25) is 0 Å². The Morgan fingerprint density at radius 1 is 0.760 bits per heavy atom. The first-order valence-corrected chi connectivity index (χ1v) is 11.8. The molecule has 0 aromatic heterocycles. The highest BCUT2D eigenvalue weighted by atomic mass is 32.2. The van der Waals surface area contributed by atoms with Crippen LogP contribution in [0.15, 0.2) is 0 Å². The third-order valence-electron chi connectivity index (χ3n) is 4.53. The maximum absolute atomic E-state index is 10.5.